The van der Waals surface area contributed by atoms with Crippen LogP contribution < -0.4 is 10.0 Å². The number of nitrogens with zero attached hydrogens (tertiary/aromatic N) is 1. The van der Waals surface area contributed by atoms with Gasteiger partial charge in [-0.1, -0.05) is 17.7 Å². The number of sulfonamides is 1. The molecule has 0 fully saturated rings. The molecule has 0 saturated carbocycles. The molecule has 2 N–H and O–H groups in total. The quantitative estimate of drug-likeness (QED) is 0.742. The van der Waals surface area contributed by atoms with Crippen molar-refractivity contribution in [3.05, 3.63) is 59.7 Å². The molecule has 0 aliphatic rings. The van der Waals surface area contributed by atoms with Crippen LogP contribution in [0.2, 0.25) is 0 Å². The van der Waals surface area contributed by atoms with E-state index < -0.39 is 10.0 Å². The smallest absolute Gasteiger partial charge is 0.261 e. The van der Waals surface area contributed by atoms with Crippen LogP contribution in [-0.2, 0) is 14.8 Å². The Morgan fingerprint density at radius 2 is 1.57 bits per heavy atom. The Balaban J connectivity index is 2.08. The van der Waals surface area contributed by atoms with Crippen molar-refractivity contribution in [2.45, 2.75) is 31.7 Å². The molecule has 0 atom stereocenters. The third-order valence-corrected chi connectivity index (χ3v) is 5.29. The van der Waals surface area contributed by atoms with Gasteiger partial charge in [-0.2, -0.15) is 0 Å². The van der Waals surface area contributed by atoms with Gasteiger partial charge < -0.3 is 10.2 Å². The number of nitrogens with one attached hydrogen (secondary N) is 2. The van der Waals surface area contributed by atoms with E-state index in [1.165, 1.54) is 36.2 Å². The zero-order valence-corrected chi connectivity index (χ0v) is 17.2. The Hall–Kier alpha value is -2.87. The number of aryl methyl sites for hydroxylation is 1. The van der Waals surface area contributed by atoms with Gasteiger partial charge in [-0.3, -0.25) is 14.3 Å². The SMILES string of the molecule is Cc1ccc(NS(=O)(=O)c2ccc(C(=O)N(C)CC(=O)NC(C)C)cc2)cc1. The molecule has 8 heteroatoms. The first-order valence-electron chi connectivity index (χ1n) is 8.83. The molecule has 150 valence electrons. The van der Waals surface area contributed by atoms with E-state index in [4.69, 9.17) is 0 Å². The van der Waals surface area contributed by atoms with Crippen LogP contribution in [0, 0.1) is 6.92 Å². The topological polar surface area (TPSA) is 95.6 Å². The van der Waals surface area contributed by atoms with Crippen molar-refractivity contribution < 1.29 is 18.0 Å². The average Bonchev–Trinajstić information content (AvgIpc) is 2.62. The number of rotatable bonds is 7. The molecule has 0 heterocycles. The van der Waals surface area contributed by atoms with Gasteiger partial charge in [-0.25, -0.2) is 8.42 Å². The fraction of sp³-hybridized carbons (Fsp3) is 0.300. The van der Waals surface area contributed by atoms with Gasteiger partial charge in [0.25, 0.3) is 15.9 Å². The van der Waals surface area contributed by atoms with Gasteiger partial charge in [0, 0.05) is 24.3 Å². The predicted octanol–water partition coefficient (Wildman–Crippen LogP) is 2.39. The molecule has 2 rings (SSSR count). The standard InChI is InChI=1S/C20H25N3O4S/c1-14(2)21-19(24)13-23(4)20(25)16-7-11-18(12-8-16)28(26,27)22-17-9-5-15(3)6-10-17/h5-12,14,22H,13H2,1-4H3,(H,21,24). The second kappa shape index (κ2) is 8.88. The molecule has 2 amide bonds. The van der Waals surface area contributed by atoms with Crippen LogP contribution in [0.3, 0.4) is 0 Å². The highest BCUT2D eigenvalue weighted by Crippen LogP contribution is 2.17. The molecule has 28 heavy (non-hydrogen) atoms. The molecule has 0 bridgehead atoms. The first-order chi connectivity index (χ1) is 13.1. The molecular weight excluding hydrogens is 378 g/mol. The lowest BCUT2D eigenvalue weighted by molar-refractivity contribution is -0.122. The van der Waals surface area contributed by atoms with Crippen molar-refractivity contribution in [3.63, 3.8) is 0 Å². The van der Waals surface area contributed by atoms with E-state index >= 15 is 0 Å². The molecule has 0 radical (unpaired) electrons. The highest BCUT2D eigenvalue weighted by atomic mass is 32.2. The third-order valence-electron chi connectivity index (χ3n) is 3.89. The minimum Gasteiger partial charge on any atom is -0.352 e. The third kappa shape index (κ3) is 5.82. The highest BCUT2D eigenvalue weighted by molar-refractivity contribution is 7.92. The average molecular weight is 404 g/mol. The van der Waals surface area contributed by atoms with E-state index in [1.54, 1.807) is 12.1 Å². The second-order valence-corrected chi connectivity index (χ2v) is 8.56. The maximum atomic E-state index is 12.5. The van der Waals surface area contributed by atoms with Gasteiger partial charge in [0.05, 0.1) is 11.4 Å². The van der Waals surface area contributed by atoms with Crippen molar-refractivity contribution >= 4 is 27.5 Å². The first-order valence-corrected chi connectivity index (χ1v) is 10.3. The van der Waals surface area contributed by atoms with Gasteiger partial charge >= 0.3 is 0 Å². The van der Waals surface area contributed by atoms with Crippen LogP contribution in [0.1, 0.15) is 29.8 Å². The summed E-state index contributed by atoms with van der Waals surface area (Å²) < 4.78 is 27.5. The number of anilines is 1. The van der Waals surface area contributed by atoms with E-state index in [2.05, 4.69) is 10.0 Å². The molecule has 0 aromatic heterocycles. The summed E-state index contributed by atoms with van der Waals surface area (Å²) in [6.45, 7) is 5.51. The Labute approximate surface area is 165 Å². The summed E-state index contributed by atoms with van der Waals surface area (Å²) in [6, 6.07) is 12.6. The number of hydrogen-bond donors (Lipinski definition) is 2. The van der Waals surface area contributed by atoms with Crippen LogP contribution in [0.15, 0.2) is 53.4 Å². The van der Waals surface area contributed by atoms with E-state index in [-0.39, 0.29) is 29.3 Å². The Morgan fingerprint density at radius 3 is 2.11 bits per heavy atom. The van der Waals surface area contributed by atoms with Gasteiger partial charge in [0.2, 0.25) is 5.91 Å². The van der Waals surface area contributed by atoms with E-state index in [0.29, 0.717) is 11.3 Å². The number of carbonyl (C=O) groups excluding carboxylic acids is 2. The zero-order chi connectivity index (χ0) is 20.9. The van der Waals surface area contributed by atoms with Crippen molar-refractivity contribution in [1.29, 1.82) is 0 Å². The summed E-state index contributed by atoms with van der Waals surface area (Å²) in [5.74, 6) is -0.623. The lowest BCUT2D eigenvalue weighted by Crippen LogP contribution is -2.40. The first kappa shape index (κ1) is 21.4. The summed E-state index contributed by atoms with van der Waals surface area (Å²) in [4.78, 5) is 25.5. The minimum absolute atomic E-state index is 0.0125. The summed E-state index contributed by atoms with van der Waals surface area (Å²) >= 11 is 0. The summed E-state index contributed by atoms with van der Waals surface area (Å²) in [7, 11) is -2.24. The number of likely N-dealkylation sites (N-methyl/N-ethyl adjacent to an activating group) is 1. The second-order valence-electron chi connectivity index (χ2n) is 6.88. The van der Waals surface area contributed by atoms with Crippen LogP contribution >= 0.6 is 0 Å². The monoisotopic (exact) mass is 403 g/mol. The molecule has 0 aliphatic heterocycles. The van der Waals surface area contributed by atoms with Crippen molar-refractivity contribution in [1.82, 2.24) is 10.2 Å². The molecule has 0 spiro atoms. The summed E-state index contributed by atoms with van der Waals surface area (Å²) in [5, 5.41) is 2.72. The Morgan fingerprint density at radius 1 is 1.00 bits per heavy atom. The van der Waals surface area contributed by atoms with Crippen LogP contribution in [0.5, 0.6) is 0 Å². The molecular formula is C20H25N3O4S. The molecule has 0 unspecified atom stereocenters. The van der Waals surface area contributed by atoms with E-state index in [1.807, 2.05) is 32.9 Å². The van der Waals surface area contributed by atoms with Gasteiger partial charge in [-0.05, 0) is 57.2 Å². The number of hydrogen-bond acceptors (Lipinski definition) is 4. The number of amides is 2. The van der Waals surface area contributed by atoms with Crippen molar-refractivity contribution in [2.24, 2.45) is 0 Å². The molecule has 2 aromatic carbocycles. The zero-order valence-electron chi connectivity index (χ0n) is 16.4. The van der Waals surface area contributed by atoms with Crippen molar-refractivity contribution in [2.75, 3.05) is 18.3 Å². The van der Waals surface area contributed by atoms with Gasteiger partial charge in [0.15, 0.2) is 0 Å². The highest BCUT2D eigenvalue weighted by Gasteiger charge is 2.18. The van der Waals surface area contributed by atoms with Crippen LogP contribution in [0.25, 0.3) is 0 Å². The van der Waals surface area contributed by atoms with E-state index in [9.17, 15) is 18.0 Å². The fourth-order valence-corrected chi connectivity index (χ4v) is 3.55. The Bertz CT molecular complexity index is 936. The van der Waals surface area contributed by atoms with Crippen LogP contribution in [-0.4, -0.2) is 44.8 Å². The summed E-state index contributed by atoms with van der Waals surface area (Å²) in [5.41, 5.74) is 1.78. The Kier molecular flexibility index (Phi) is 6.80. The maximum Gasteiger partial charge on any atom is 0.261 e. The largest absolute Gasteiger partial charge is 0.352 e. The lowest BCUT2D eigenvalue weighted by Gasteiger charge is -2.18. The predicted molar refractivity (Wildman–Crippen MR) is 109 cm³/mol. The molecule has 2 aromatic rings. The molecule has 0 aliphatic carbocycles. The van der Waals surface area contributed by atoms with Crippen LogP contribution in [0.4, 0.5) is 5.69 Å². The lowest BCUT2D eigenvalue weighted by atomic mass is 10.2. The molecule has 0 saturated heterocycles. The normalized spacial score (nSPS) is 11.2. The fourth-order valence-electron chi connectivity index (χ4n) is 2.49. The molecule has 7 nitrogen and oxygen atoms in total. The van der Waals surface area contributed by atoms with Gasteiger partial charge in [0.1, 0.15) is 0 Å². The van der Waals surface area contributed by atoms with Gasteiger partial charge in [-0.15, -0.1) is 0 Å². The van der Waals surface area contributed by atoms with E-state index in [0.717, 1.165) is 5.56 Å². The minimum atomic E-state index is -3.76. The summed E-state index contributed by atoms with van der Waals surface area (Å²) in [6.07, 6.45) is 0. The van der Waals surface area contributed by atoms with Crippen molar-refractivity contribution in [3.8, 4) is 0 Å². The number of carbonyl (C=O) groups is 2. The number of benzene rings is 2. The maximum absolute atomic E-state index is 12.5.